The number of rotatable bonds is 2. The van der Waals surface area contributed by atoms with Crippen molar-refractivity contribution < 1.29 is 9.50 Å². The van der Waals surface area contributed by atoms with Crippen LogP contribution in [0.5, 0.6) is 0 Å². The molecule has 3 N–H and O–H groups in total. The second-order valence-corrected chi connectivity index (χ2v) is 5.05. The summed E-state index contributed by atoms with van der Waals surface area (Å²) in [5.74, 6) is -0.412. The summed E-state index contributed by atoms with van der Waals surface area (Å²) in [6.45, 7) is 0. The standard InChI is InChI=1S/C12H9BrClFN2O/c13-6-1-2-8(10(15)3-6)11(18)9-4-7(14)5-17-12(9)16/h1-5,11,18H,(H2,16,17). The van der Waals surface area contributed by atoms with Crippen molar-refractivity contribution >= 4 is 33.3 Å². The number of aliphatic hydroxyl groups is 1. The van der Waals surface area contributed by atoms with Crippen LogP contribution in [0.3, 0.4) is 0 Å². The van der Waals surface area contributed by atoms with Gasteiger partial charge in [0.1, 0.15) is 17.7 Å². The van der Waals surface area contributed by atoms with Crippen molar-refractivity contribution in [2.24, 2.45) is 0 Å². The summed E-state index contributed by atoms with van der Waals surface area (Å²) in [7, 11) is 0. The third kappa shape index (κ3) is 2.63. The molecule has 6 heteroatoms. The minimum Gasteiger partial charge on any atom is -0.383 e. The highest BCUT2D eigenvalue weighted by molar-refractivity contribution is 9.10. The molecule has 2 aromatic rings. The average Bonchev–Trinajstić information content (AvgIpc) is 2.31. The molecule has 1 atom stereocenters. The summed E-state index contributed by atoms with van der Waals surface area (Å²) in [5, 5.41) is 10.5. The van der Waals surface area contributed by atoms with Crippen molar-refractivity contribution in [1.29, 1.82) is 0 Å². The third-order valence-electron chi connectivity index (χ3n) is 2.47. The topological polar surface area (TPSA) is 59.1 Å². The predicted molar refractivity (Wildman–Crippen MR) is 71.8 cm³/mol. The van der Waals surface area contributed by atoms with Gasteiger partial charge in [0, 0.05) is 21.8 Å². The van der Waals surface area contributed by atoms with Crippen LogP contribution in [0.4, 0.5) is 10.2 Å². The molecule has 0 radical (unpaired) electrons. The van der Waals surface area contributed by atoms with Crippen LogP contribution in [0.1, 0.15) is 17.2 Å². The molecule has 0 amide bonds. The molecule has 0 aliphatic carbocycles. The maximum absolute atomic E-state index is 13.7. The maximum Gasteiger partial charge on any atom is 0.130 e. The van der Waals surface area contributed by atoms with E-state index in [0.717, 1.165) is 0 Å². The number of aliphatic hydroxyl groups excluding tert-OH is 1. The van der Waals surface area contributed by atoms with Crippen LogP contribution < -0.4 is 5.73 Å². The van der Waals surface area contributed by atoms with Crippen LogP contribution in [0.15, 0.2) is 34.9 Å². The Labute approximate surface area is 117 Å². The molecular formula is C12H9BrClFN2O. The Bertz CT molecular complexity index is 594. The Hall–Kier alpha value is -1.17. The molecule has 3 nitrogen and oxygen atoms in total. The van der Waals surface area contributed by atoms with Gasteiger partial charge >= 0.3 is 0 Å². The number of halogens is 3. The molecule has 2 rings (SSSR count). The first-order valence-electron chi connectivity index (χ1n) is 5.03. The van der Waals surface area contributed by atoms with Gasteiger partial charge in [0.15, 0.2) is 0 Å². The molecule has 1 unspecified atom stereocenters. The van der Waals surface area contributed by atoms with Crippen LogP contribution in [-0.2, 0) is 0 Å². The van der Waals surface area contributed by atoms with E-state index in [0.29, 0.717) is 9.50 Å². The number of pyridine rings is 1. The van der Waals surface area contributed by atoms with E-state index in [4.69, 9.17) is 17.3 Å². The monoisotopic (exact) mass is 330 g/mol. The van der Waals surface area contributed by atoms with Gasteiger partial charge in [-0.1, -0.05) is 33.6 Å². The van der Waals surface area contributed by atoms with Gasteiger partial charge in [-0.05, 0) is 18.2 Å². The summed E-state index contributed by atoms with van der Waals surface area (Å²) in [6, 6.07) is 5.85. The van der Waals surface area contributed by atoms with Crippen molar-refractivity contribution in [3.05, 3.63) is 56.9 Å². The van der Waals surface area contributed by atoms with Crippen molar-refractivity contribution in [1.82, 2.24) is 4.98 Å². The molecule has 1 aromatic heterocycles. The van der Waals surface area contributed by atoms with Crippen molar-refractivity contribution in [3.8, 4) is 0 Å². The molecule has 0 spiro atoms. The van der Waals surface area contributed by atoms with Gasteiger partial charge < -0.3 is 10.8 Å². The highest BCUT2D eigenvalue weighted by atomic mass is 79.9. The maximum atomic E-state index is 13.7. The quantitative estimate of drug-likeness (QED) is 0.887. The molecule has 94 valence electrons. The van der Waals surface area contributed by atoms with Gasteiger partial charge in [0.05, 0.1) is 5.02 Å². The number of nitrogen functional groups attached to an aromatic ring is 1. The predicted octanol–water partition coefficient (Wildman–Crippen LogP) is 3.30. The van der Waals surface area contributed by atoms with E-state index >= 15 is 0 Å². The Morgan fingerprint density at radius 3 is 2.72 bits per heavy atom. The summed E-state index contributed by atoms with van der Waals surface area (Å²) in [4.78, 5) is 3.83. The number of anilines is 1. The summed E-state index contributed by atoms with van der Waals surface area (Å²) >= 11 is 8.93. The lowest BCUT2D eigenvalue weighted by Crippen LogP contribution is -2.07. The fourth-order valence-electron chi connectivity index (χ4n) is 1.58. The minimum absolute atomic E-state index is 0.119. The molecule has 0 aliphatic heterocycles. The lowest BCUT2D eigenvalue weighted by Gasteiger charge is -2.14. The lowest BCUT2D eigenvalue weighted by molar-refractivity contribution is 0.215. The van der Waals surface area contributed by atoms with Gasteiger partial charge in [-0.25, -0.2) is 9.37 Å². The van der Waals surface area contributed by atoms with Gasteiger partial charge in [-0.15, -0.1) is 0 Å². The van der Waals surface area contributed by atoms with Crippen LogP contribution in [-0.4, -0.2) is 10.1 Å². The normalized spacial score (nSPS) is 12.4. The molecule has 1 heterocycles. The van der Waals surface area contributed by atoms with Gasteiger partial charge in [-0.3, -0.25) is 0 Å². The zero-order chi connectivity index (χ0) is 13.3. The third-order valence-corrected chi connectivity index (χ3v) is 3.17. The summed E-state index contributed by atoms with van der Waals surface area (Å²) in [6.07, 6.45) is 0.162. The van der Waals surface area contributed by atoms with E-state index in [1.165, 1.54) is 24.4 Å². The lowest BCUT2D eigenvalue weighted by atomic mass is 10.0. The number of hydrogen-bond donors (Lipinski definition) is 2. The molecule has 0 aliphatic rings. The molecule has 0 bridgehead atoms. The first kappa shape index (κ1) is 13.3. The molecule has 0 saturated heterocycles. The Morgan fingerprint density at radius 2 is 2.06 bits per heavy atom. The van der Waals surface area contributed by atoms with Gasteiger partial charge in [0.2, 0.25) is 0 Å². The fraction of sp³-hybridized carbons (Fsp3) is 0.0833. The van der Waals surface area contributed by atoms with Crippen molar-refractivity contribution in [2.75, 3.05) is 5.73 Å². The molecular weight excluding hydrogens is 322 g/mol. The average molecular weight is 332 g/mol. The number of hydrogen-bond acceptors (Lipinski definition) is 3. The van der Waals surface area contributed by atoms with E-state index in [-0.39, 0.29) is 16.9 Å². The van der Waals surface area contributed by atoms with E-state index in [2.05, 4.69) is 20.9 Å². The Morgan fingerprint density at radius 1 is 1.33 bits per heavy atom. The summed E-state index contributed by atoms with van der Waals surface area (Å²) in [5.41, 5.74) is 6.05. The zero-order valence-corrected chi connectivity index (χ0v) is 11.4. The number of aromatic nitrogens is 1. The number of nitrogens with zero attached hydrogens (tertiary/aromatic N) is 1. The first-order chi connectivity index (χ1) is 8.49. The van der Waals surface area contributed by atoms with E-state index < -0.39 is 11.9 Å². The Balaban J connectivity index is 2.47. The van der Waals surface area contributed by atoms with Crippen molar-refractivity contribution in [3.63, 3.8) is 0 Å². The van der Waals surface area contributed by atoms with Crippen LogP contribution in [0.2, 0.25) is 5.02 Å². The van der Waals surface area contributed by atoms with Gasteiger partial charge in [-0.2, -0.15) is 0 Å². The van der Waals surface area contributed by atoms with E-state index in [1.54, 1.807) is 6.07 Å². The highest BCUT2D eigenvalue weighted by Crippen LogP contribution is 2.30. The second-order valence-electron chi connectivity index (χ2n) is 3.70. The van der Waals surface area contributed by atoms with Crippen molar-refractivity contribution in [2.45, 2.75) is 6.10 Å². The van der Waals surface area contributed by atoms with E-state index in [1.807, 2.05) is 0 Å². The van der Waals surface area contributed by atoms with Crippen LogP contribution in [0.25, 0.3) is 0 Å². The van der Waals surface area contributed by atoms with Gasteiger partial charge in [0.25, 0.3) is 0 Å². The molecule has 0 fully saturated rings. The zero-order valence-electron chi connectivity index (χ0n) is 9.07. The number of nitrogens with two attached hydrogens (primary N) is 1. The Kier molecular flexibility index (Phi) is 3.85. The minimum atomic E-state index is -1.20. The molecule has 1 aromatic carbocycles. The molecule has 18 heavy (non-hydrogen) atoms. The number of benzene rings is 1. The summed E-state index contributed by atoms with van der Waals surface area (Å²) < 4.78 is 14.3. The van der Waals surface area contributed by atoms with Crippen LogP contribution in [0, 0.1) is 5.82 Å². The van der Waals surface area contributed by atoms with E-state index in [9.17, 15) is 9.50 Å². The highest BCUT2D eigenvalue weighted by Gasteiger charge is 2.18. The SMILES string of the molecule is Nc1ncc(Cl)cc1C(O)c1ccc(Br)cc1F. The smallest absolute Gasteiger partial charge is 0.130 e. The largest absolute Gasteiger partial charge is 0.383 e. The fourth-order valence-corrected chi connectivity index (χ4v) is 2.07. The first-order valence-corrected chi connectivity index (χ1v) is 6.20. The molecule has 0 saturated carbocycles. The second kappa shape index (κ2) is 5.22. The van der Waals surface area contributed by atoms with Crippen LogP contribution >= 0.6 is 27.5 Å².